The molecule has 2 fully saturated rings. The highest BCUT2D eigenvalue weighted by Crippen LogP contribution is 2.26. The van der Waals surface area contributed by atoms with Gasteiger partial charge < -0.3 is 15.5 Å². The molecule has 9 heteroatoms. The van der Waals surface area contributed by atoms with E-state index in [0.29, 0.717) is 35.9 Å². The van der Waals surface area contributed by atoms with E-state index in [1.54, 1.807) is 17.0 Å². The van der Waals surface area contributed by atoms with E-state index in [4.69, 9.17) is 11.6 Å². The number of carbonyl (C=O) groups is 3. The van der Waals surface area contributed by atoms with E-state index >= 15 is 0 Å². The van der Waals surface area contributed by atoms with Crippen molar-refractivity contribution in [3.05, 3.63) is 53.3 Å². The van der Waals surface area contributed by atoms with Gasteiger partial charge in [-0.25, -0.2) is 4.98 Å². The van der Waals surface area contributed by atoms with Crippen molar-refractivity contribution in [2.75, 3.05) is 36.4 Å². The molecule has 3 amide bonds. The lowest BCUT2D eigenvalue weighted by molar-refractivity contribution is -0.120. The van der Waals surface area contributed by atoms with Gasteiger partial charge in [0.1, 0.15) is 5.15 Å². The Labute approximate surface area is 198 Å². The van der Waals surface area contributed by atoms with Crippen LogP contribution in [0.5, 0.6) is 0 Å². The highest BCUT2D eigenvalue weighted by Gasteiger charge is 2.31. The third-order valence-corrected chi connectivity index (χ3v) is 6.48. The molecular formula is C24H28ClN5O3. The molecule has 1 aromatic heterocycles. The molecule has 2 N–H and O–H groups in total. The molecule has 0 radical (unpaired) electrons. The summed E-state index contributed by atoms with van der Waals surface area (Å²) >= 11 is 5.75. The Hall–Kier alpha value is -2.97. The lowest BCUT2D eigenvalue weighted by atomic mass is 10.1. The van der Waals surface area contributed by atoms with Crippen molar-refractivity contribution in [3.63, 3.8) is 0 Å². The number of benzene rings is 1. The van der Waals surface area contributed by atoms with E-state index in [9.17, 15) is 14.4 Å². The van der Waals surface area contributed by atoms with Crippen molar-refractivity contribution in [1.29, 1.82) is 0 Å². The van der Waals surface area contributed by atoms with E-state index in [1.165, 1.54) is 6.20 Å². The quantitative estimate of drug-likeness (QED) is 0.608. The van der Waals surface area contributed by atoms with Crippen molar-refractivity contribution in [2.24, 2.45) is 5.92 Å². The van der Waals surface area contributed by atoms with Gasteiger partial charge in [0.15, 0.2) is 0 Å². The molecule has 8 nitrogen and oxygen atoms in total. The van der Waals surface area contributed by atoms with Crippen LogP contribution in [0, 0.1) is 5.92 Å². The number of hydrogen-bond donors (Lipinski definition) is 2. The average molecular weight is 470 g/mol. The van der Waals surface area contributed by atoms with Gasteiger partial charge in [-0.05, 0) is 69.3 Å². The zero-order chi connectivity index (χ0) is 23.4. The fourth-order valence-electron chi connectivity index (χ4n) is 4.28. The monoisotopic (exact) mass is 469 g/mol. The molecule has 4 rings (SSSR count). The Kier molecular flexibility index (Phi) is 7.25. The van der Waals surface area contributed by atoms with Gasteiger partial charge in [0.25, 0.3) is 5.91 Å². The maximum Gasteiger partial charge on any atom is 0.252 e. The zero-order valence-electron chi connectivity index (χ0n) is 18.6. The molecular weight excluding hydrogens is 442 g/mol. The average Bonchev–Trinajstić information content (AvgIpc) is 3.48. The molecule has 2 unspecified atom stereocenters. The van der Waals surface area contributed by atoms with Crippen LogP contribution < -0.4 is 15.5 Å². The standard InChI is InChI=1S/C24H28ClN5O3/c1-16(29-10-2-3-11-29)23(32)28-19-5-7-20(8-6-19)30-15-17(12-22(30)31)13-27-24(33)18-4-9-21(25)26-14-18/h4-9,14,16-17H,2-3,10-13,15H2,1H3,(H,27,33)(H,28,32). The van der Waals surface area contributed by atoms with E-state index < -0.39 is 0 Å². The zero-order valence-corrected chi connectivity index (χ0v) is 19.3. The van der Waals surface area contributed by atoms with Crippen LogP contribution in [0.25, 0.3) is 0 Å². The first-order valence-corrected chi connectivity index (χ1v) is 11.6. The number of amides is 3. The van der Waals surface area contributed by atoms with Crippen LogP contribution in [0.1, 0.15) is 36.5 Å². The summed E-state index contributed by atoms with van der Waals surface area (Å²) in [5.74, 6) is -0.230. The normalized spacial score (nSPS) is 19.5. The molecule has 2 aliphatic heterocycles. The minimum atomic E-state index is -0.242. The number of nitrogens with zero attached hydrogens (tertiary/aromatic N) is 3. The Morgan fingerprint density at radius 2 is 1.88 bits per heavy atom. The van der Waals surface area contributed by atoms with Crippen molar-refractivity contribution in [1.82, 2.24) is 15.2 Å². The number of rotatable bonds is 7. The highest BCUT2D eigenvalue weighted by atomic mass is 35.5. The van der Waals surface area contributed by atoms with Gasteiger partial charge in [-0.3, -0.25) is 19.3 Å². The first-order valence-electron chi connectivity index (χ1n) is 11.3. The number of hydrogen-bond acceptors (Lipinski definition) is 5. The first-order chi connectivity index (χ1) is 15.9. The van der Waals surface area contributed by atoms with Gasteiger partial charge in [-0.1, -0.05) is 11.6 Å². The topological polar surface area (TPSA) is 94.6 Å². The minimum Gasteiger partial charge on any atom is -0.352 e. The summed E-state index contributed by atoms with van der Waals surface area (Å²) in [6, 6.07) is 10.3. The van der Waals surface area contributed by atoms with Crippen LogP contribution in [0.15, 0.2) is 42.6 Å². The van der Waals surface area contributed by atoms with Gasteiger partial charge in [-0.2, -0.15) is 0 Å². The third-order valence-electron chi connectivity index (χ3n) is 6.26. The van der Waals surface area contributed by atoms with Gasteiger partial charge in [0.05, 0.1) is 11.6 Å². The molecule has 1 aromatic carbocycles. The number of halogens is 1. The fraction of sp³-hybridized carbons (Fsp3) is 0.417. The predicted octanol–water partition coefficient (Wildman–Crippen LogP) is 2.94. The number of carbonyl (C=O) groups excluding carboxylic acids is 3. The maximum atomic E-state index is 12.5. The van der Waals surface area contributed by atoms with Crippen LogP contribution >= 0.6 is 11.6 Å². The van der Waals surface area contributed by atoms with E-state index in [0.717, 1.165) is 31.6 Å². The fourth-order valence-corrected chi connectivity index (χ4v) is 4.39. The smallest absolute Gasteiger partial charge is 0.252 e. The van der Waals surface area contributed by atoms with E-state index in [-0.39, 0.29) is 29.7 Å². The Balaban J connectivity index is 1.29. The van der Waals surface area contributed by atoms with Gasteiger partial charge in [0.2, 0.25) is 11.8 Å². The van der Waals surface area contributed by atoms with E-state index in [1.807, 2.05) is 31.2 Å². The molecule has 2 aromatic rings. The number of aromatic nitrogens is 1. The van der Waals surface area contributed by atoms with Crippen molar-refractivity contribution in [3.8, 4) is 0 Å². The summed E-state index contributed by atoms with van der Waals surface area (Å²) in [6.07, 6.45) is 4.07. The summed E-state index contributed by atoms with van der Waals surface area (Å²) in [5, 5.41) is 6.16. The molecule has 3 heterocycles. The summed E-state index contributed by atoms with van der Waals surface area (Å²) in [4.78, 5) is 45.2. The largest absolute Gasteiger partial charge is 0.352 e. The summed E-state index contributed by atoms with van der Waals surface area (Å²) in [6.45, 7) is 4.77. The highest BCUT2D eigenvalue weighted by molar-refractivity contribution is 6.29. The molecule has 2 atom stereocenters. The molecule has 174 valence electrons. The second kappa shape index (κ2) is 10.3. The lowest BCUT2D eigenvalue weighted by Crippen LogP contribution is -2.40. The molecule has 0 spiro atoms. The molecule has 0 bridgehead atoms. The van der Waals surface area contributed by atoms with Crippen LogP contribution in [-0.2, 0) is 9.59 Å². The molecule has 33 heavy (non-hydrogen) atoms. The molecule has 2 aliphatic rings. The van der Waals surface area contributed by atoms with Gasteiger partial charge in [-0.15, -0.1) is 0 Å². The number of anilines is 2. The first kappa shape index (κ1) is 23.2. The third kappa shape index (κ3) is 5.69. The summed E-state index contributed by atoms with van der Waals surface area (Å²) in [7, 11) is 0. The second-order valence-electron chi connectivity index (χ2n) is 8.61. The van der Waals surface area contributed by atoms with Gasteiger partial charge >= 0.3 is 0 Å². The van der Waals surface area contributed by atoms with Crippen molar-refractivity contribution in [2.45, 2.75) is 32.2 Å². The minimum absolute atomic E-state index is 0.0156. The Bertz CT molecular complexity index is 1010. The van der Waals surface area contributed by atoms with Gasteiger partial charge in [0, 0.05) is 43.0 Å². The van der Waals surface area contributed by atoms with Crippen LogP contribution in [0.3, 0.4) is 0 Å². The molecule has 2 saturated heterocycles. The van der Waals surface area contributed by atoms with Crippen molar-refractivity contribution >= 4 is 40.7 Å². The maximum absolute atomic E-state index is 12.5. The summed E-state index contributed by atoms with van der Waals surface area (Å²) < 4.78 is 0. The number of pyridine rings is 1. The summed E-state index contributed by atoms with van der Waals surface area (Å²) in [5.41, 5.74) is 1.92. The second-order valence-corrected chi connectivity index (χ2v) is 9.00. The van der Waals surface area contributed by atoms with Crippen molar-refractivity contribution < 1.29 is 14.4 Å². The van der Waals surface area contributed by atoms with Crippen LogP contribution in [0.4, 0.5) is 11.4 Å². The Morgan fingerprint density at radius 1 is 1.15 bits per heavy atom. The number of nitrogens with one attached hydrogen (secondary N) is 2. The molecule has 0 aliphatic carbocycles. The predicted molar refractivity (Wildman–Crippen MR) is 127 cm³/mol. The lowest BCUT2D eigenvalue weighted by Gasteiger charge is -2.23. The SMILES string of the molecule is CC(C(=O)Nc1ccc(N2CC(CNC(=O)c3ccc(Cl)nc3)CC2=O)cc1)N1CCCC1. The van der Waals surface area contributed by atoms with Crippen LogP contribution in [0.2, 0.25) is 5.15 Å². The van der Waals surface area contributed by atoms with Crippen LogP contribution in [-0.4, -0.2) is 59.8 Å². The van der Waals surface area contributed by atoms with E-state index in [2.05, 4.69) is 20.5 Å². The Morgan fingerprint density at radius 3 is 2.55 bits per heavy atom. The molecule has 0 saturated carbocycles. The number of likely N-dealkylation sites (tertiary alicyclic amines) is 1.